The predicted octanol–water partition coefficient (Wildman–Crippen LogP) is 12.3. The Labute approximate surface area is 303 Å². The van der Waals surface area contributed by atoms with Crippen LogP contribution >= 0.6 is 0 Å². The van der Waals surface area contributed by atoms with E-state index in [-0.39, 0.29) is 0 Å². The minimum Gasteiger partial charge on any atom is -0.313 e. The van der Waals surface area contributed by atoms with Crippen LogP contribution in [0, 0.1) is 0 Å². The van der Waals surface area contributed by atoms with Crippen molar-refractivity contribution in [3.63, 3.8) is 0 Å². The summed E-state index contributed by atoms with van der Waals surface area (Å²) in [7, 11) is 0. The lowest BCUT2D eigenvalue weighted by Gasteiger charge is -2.19. The maximum Gasteiger partial charge on any atom is 0.138 e. The zero-order valence-corrected chi connectivity index (χ0v) is 28.9. The van der Waals surface area contributed by atoms with Crippen LogP contribution in [0.15, 0.2) is 170 Å². The molecule has 248 valence electrons. The number of nitrogens with zero attached hydrogens (tertiary/aromatic N) is 3. The van der Waals surface area contributed by atoms with Gasteiger partial charge in [-0.05, 0) is 84.0 Å². The summed E-state index contributed by atoms with van der Waals surface area (Å²) >= 11 is 0. The second-order valence-electron chi connectivity index (χ2n) is 14.6. The van der Waals surface area contributed by atoms with Crippen LogP contribution in [0.2, 0.25) is 0 Å². The highest BCUT2D eigenvalue weighted by Gasteiger charge is 2.51. The number of pyridine rings is 1. The van der Waals surface area contributed by atoms with Crippen molar-refractivity contribution >= 4 is 33.0 Å². The zero-order valence-electron chi connectivity index (χ0n) is 28.9. The Morgan fingerprint density at radius 2 is 1.13 bits per heavy atom. The molecule has 0 amide bonds. The Morgan fingerprint density at radius 3 is 1.85 bits per heavy atom. The van der Waals surface area contributed by atoms with Crippen LogP contribution in [0.4, 0.5) is 0 Å². The molecule has 3 nitrogen and oxygen atoms in total. The van der Waals surface area contributed by atoms with E-state index in [4.69, 9.17) is 4.98 Å². The minimum absolute atomic E-state index is 0.341. The van der Waals surface area contributed by atoms with Crippen molar-refractivity contribution in [3.05, 3.63) is 198 Å². The number of hydrogen-bond donors (Lipinski definition) is 0. The van der Waals surface area contributed by atoms with Gasteiger partial charge in [-0.15, -0.1) is 0 Å². The predicted molar refractivity (Wildman–Crippen MR) is 214 cm³/mol. The highest BCUT2D eigenvalue weighted by molar-refractivity contribution is 6.10. The lowest BCUT2D eigenvalue weighted by Crippen LogP contribution is -2.08. The van der Waals surface area contributed by atoms with Crippen molar-refractivity contribution in [2.45, 2.75) is 37.0 Å². The van der Waals surface area contributed by atoms with Gasteiger partial charge in [0.25, 0.3) is 0 Å². The largest absolute Gasteiger partial charge is 0.313 e. The Balaban J connectivity index is 1.08. The maximum absolute atomic E-state index is 5.55. The first-order valence-electron chi connectivity index (χ1n) is 18.6. The molecule has 0 spiro atoms. The van der Waals surface area contributed by atoms with Crippen LogP contribution in [-0.2, 0) is 0 Å². The fourth-order valence-electron chi connectivity index (χ4n) is 9.27. The summed E-state index contributed by atoms with van der Waals surface area (Å²) in [4.78, 5) is 5.55. The van der Waals surface area contributed by atoms with Gasteiger partial charge in [-0.25, -0.2) is 4.98 Å². The Bertz CT molecular complexity index is 2710. The number of rotatable bonds is 5. The van der Waals surface area contributed by atoms with Crippen LogP contribution < -0.4 is 0 Å². The van der Waals surface area contributed by atoms with E-state index in [1.165, 1.54) is 72.3 Å². The van der Waals surface area contributed by atoms with E-state index in [9.17, 15) is 0 Å². The van der Waals surface area contributed by atoms with Gasteiger partial charge in [0.15, 0.2) is 0 Å². The second-order valence-corrected chi connectivity index (χ2v) is 14.6. The van der Waals surface area contributed by atoms with Crippen LogP contribution in [0.3, 0.4) is 0 Å². The van der Waals surface area contributed by atoms with E-state index in [0.717, 1.165) is 30.8 Å². The van der Waals surface area contributed by atoms with Crippen molar-refractivity contribution in [3.8, 4) is 22.6 Å². The van der Waals surface area contributed by atoms with Crippen molar-refractivity contribution in [2.24, 2.45) is 0 Å². The molecule has 3 aliphatic rings. The number of benzene rings is 5. The highest BCUT2D eigenvalue weighted by atomic mass is 15.1. The monoisotopic (exact) mass is 667 g/mol. The minimum atomic E-state index is 0.341. The first kappa shape index (κ1) is 29.5. The van der Waals surface area contributed by atoms with Gasteiger partial charge in [0.1, 0.15) is 5.82 Å². The van der Waals surface area contributed by atoms with Crippen molar-refractivity contribution in [1.29, 1.82) is 0 Å². The molecule has 3 aromatic heterocycles. The number of hydrogen-bond acceptors (Lipinski definition) is 1. The molecule has 5 aromatic carbocycles. The molecule has 52 heavy (non-hydrogen) atoms. The summed E-state index contributed by atoms with van der Waals surface area (Å²) in [5.41, 5.74) is 15.6. The fraction of sp³-hybridized carbons (Fsp3) is 0.122. The average Bonchev–Trinajstić information content (AvgIpc) is 3.90. The van der Waals surface area contributed by atoms with E-state index in [1.54, 1.807) is 0 Å². The summed E-state index contributed by atoms with van der Waals surface area (Å²) in [5, 5.41) is 2.63. The van der Waals surface area contributed by atoms with Gasteiger partial charge < -0.3 is 4.57 Å². The molecular weight excluding hydrogens is 631 g/mol. The molecule has 3 heteroatoms. The summed E-state index contributed by atoms with van der Waals surface area (Å²) in [6.07, 6.45) is 8.01. The molecule has 3 aliphatic carbocycles. The van der Waals surface area contributed by atoms with Crippen molar-refractivity contribution in [2.75, 3.05) is 0 Å². The molecule has 3 atom stereocenters. The van der Waals surface area contributed by atoms with Crippen LogP contribution in [-0.4, -0.2) is 14.1 Å². The molecule has 1 fully saturated rings. The lowest BCUT2D eigenvalue weighted by molar-refractivity contribution is 0.762. The SMILES string of the molecule is C1=C(c2ccccc2)C=C(c2cccc(-n3c4c(c5ccccc53)-c3c(n(-c5ccccc5)c5ccccc35)C3CC43)n2)CCC1c1ccccc1. The zero-order chi connectivity index (χ0) is 34.2. The number of aromatic nitrogens is 3. The molecule has 3 heterocycles. The maximum atomic E-state index is 5.55. The lowest BCUT2D eigenvalue weighted by atomic mass is 9.91. The summed E-state index contributed by atoms with van der Waals surface area (Å²) in [6, 6.07) is 57.3. The van der Waals surface area contributed by atoms with Gasteiger partial charge in [-0.3, -0.25) is 4.57 Å². The highest BCUT2D eigenvalue weighted by Crippen LogP contribution is 2.66. The van der Waals surface area contributed by atoms with Crippen LogP contribution in [0.5, 0.6) is 0 Å². The van der Waals surface area contributed by atoms with Gasteiger partial charge in [0.2, 0.25) is 0 Å². The Morgan fingerprint density at radius 1 is 0.538 bits per heavy atom. The third-order valence-corrected chi connectivity index (χ3v) is 11.6. The second kappa shape index (κ2) is 11.7. The molecule has 0 bridgehead atoms. The molecule has 11 rings (SSSR count). The van der Waals surface area contributed by atoms with E-state index in [0.29, 0.717) is 17.8 Å². The van der Waals surface area contributed by atoms with Gasteiger partial charge >= 0.3 is 0 Å². The van der Waals surface area contributed by atoms with Gasteiger partial charge in [0, 0.05) is 56.7 Å². The molecule has 1 saturated carbocycles. The van der Waals surface area contributed by atoms with Gasteiger partial charge in [0.05, 0.1) is 16.7 Å². The summed E-state index contributed by atoms with van der Waals surface area (Å²) in [6.45, 7) is 0. The van der Waals surface area contributed by atoms with Crippen LogP contribution in [0.25, 0.3) is 55.6 Å². The molecule has 3 unspecified atom stereocenters. The van der Waals surface area contributed by atoms with Crippen molar-refractivity contribution < 1.29 is 0 Å². The number of para-hydroxylation sites is 3. The fourth-order valence-corrected chi connectivity index (χ4v) is 9.27. The van der Waals surface area contributed by atoms with E-state index in [2.05, 4.69) is 179 Å². The molecule has 0 aliphatic heterocycles. The summed E-state index contributed by atoms with van der Waals surface area (Å²) in [5.74, 6) is 2.27. The quantitative estimate of drug-likeness (QED) is 0.179. The third kappa shape index (κ3) is 4.55. The Hall–Kier alpha value is -6.19. The standard InChI is InChI=1S/C49H37N3/c1-4-15-32(16-5-1)34-27-28-35(30-36(29-34)33-17-6-2-7-18-33)42-23-14-26-45(50-42)52-44-25-13-11-22-39(44)47-46-38-21-10-12-24-43(38)51(37-19-8-3-9-20-37)48(46)40-31-41(40)49(47)52/h1-26,29-30,34,40-41H,27-28,31H2. The summed E-state index contributed by atoms with van der Waals surface area (Å²) < 4.78 is 5.05. The van der Waals surface area contributed by atoms with Crippen LogP contribution in [0.1, 0.15) is 65.2 Å². The molecule has 8 aromatic rings. The van der Waals surface area contributed by atoms with E-state index < -0.39 is 0 Å². The van der Waals surface area contributed by atoms with E-state index >= 15 is 0 Å². The third-order valence-electron chi connectivity index (χ3n) is 11.6. The normalized spacial score (nSPS) is 19.0. The molecule has 0 N–H and O–H groups in total. The molecular formula is C49H37N3. The smallest absolute Gasteiger partial charge is 0.138 e. The van der Waals surface area contributed by atoms with Crippen molar-refractivity contribution in [1.82, 2.24) is 14.1 Å². The topological polar surface area (TPSA) is 22.8 Å². The van der Waals surface area contributed by atoms with Gasteiger partial charge in [-0.2, -0.15) is 0 Å². The number of fused-ring (bicyclic) bond motifs is 10. The van der Waals surface area contributed by atoms with E-state index in [1.807, 2.05) is 0 Å². The number of allylic oxidation sites excluding steroid dienone is 4. The first-order valence-corrected chi connectivity index (χ1v) is 18.6. The molecule has 0 radical (unpaired) electrons. The Kier molecular flexibility index (Phi) is 6.63. The molecule has 0 saturated heterocycles. The van der Waals surface area contributed by atoms with Gasteiger partial charge in [-0.1, -0.05) is 127 Å². The first-order chi connectivity index (χ1) is 25.8. The average molecular weight is 668 g/mol.